The van der Waals surface area contributed by atoms with Gasteiger partial charge >= 0.3 is 0 Å². The summed E-state index contributed by atoms with van der Waals surface area (Å²) in [6, 6.07) is 14.7. The molecule has 1 aliphatic rings. The summed E-state index contributed by atoms with van der Waals surface area (Å²) in [7, 11) is 1.61. The Bertz CT molecular complexity index is 1100. The predicted molar refractivity (Wildman–Crippen MR) is 116 cm³/mol. The van der Waals surface area contributed by atoms with E-state index >= 15 is 0 Å². The molecule has 0 radical (unpaired) electrons. The van der Waals surface area contributed by atoms with E-state index in [0.29, 0.717) is 23.1 Å². The maximum atomic E-state index is 13.1. The van der Waals surface area contributed by atoms with E-state index in [9.17, 15) is 9.59 Å². The zero-order valence-corrected chi connectivity index (χ0v) is 17.7. The summed E-state index contributed by atoms with van der Waals surface area (Å²) < 4.78 is 11.0. The van der Waals surface area contributed by atoms with Gasteiger partial charge < -0.3 is 14.4 Å². The van der Waals surface area contributed by atoms with Gasteiger partial charge in [0.05, 0.1) is 18.5 Å². The molecule has 0 saturated carbocycles. The largest absolute Gasteiger partial charge is 0.497 e. The van der Waals surface area contributed by atoms with Crippen LogP contribution in [0.4, 0.5) is 10.8 Å². The highest BCUT2D eigenvalue weighted by Crippen LogP contribution is 2.38. The lowest BCUT2D eigenvalue weighted by molar-refractivity contribution is -0.145. The lowest BCUT2D eigenvalue weighted by Crippen LogP contribution is -2.60. The van der Waals surface area contributed by atoms with Crippen LogP contribution in [-0.2, 0) is 9.59 Å². The van der Waals surface area contributed by atoms with Crippen LogP contribution in [0.3, 0.4) is 0 Å². The standard InChI is InChI=1S/C22H21N3O4S/c1-4-25-17-7-5-6-8-18(17)29-22(2,20(25)27)19(26)24-21-23-16(13-30-21)14-9-11-15(28-3)12-10-14/h5-13H,4H2,1-3H3,(H,23,24,26). The number of amides is 2. The highest BCUT2D eigenvalue weighted by molar-refractivity contribution is 7.14. The molecule has 0 spiro atoms. The van der Waals surface area contributed by atoms with E-state index < -0.39 is 17.4 Å². The van der Waals surface area contributed by atoms with Gasteiger partial charge in [0.1, 0.15) is 11.5 Å². The number of rotatable bonds is 5. The van der Waals surface area contributed by atoms with E-state index in [-0.39, 0.29) is 0 Å². The maximum absolute atomic E-state index is 13.1. The third kappa shape index (κ3) is 3.39. The second kappa shape index (κ2) is 7.79. The van der Waals surface area contributed by atoms with Crippen LogP contribution in [0, 0.1) is 0 Å². The van der Waals surface area contributed by atoms with Crippen LogP contribution < -0.4 is 19.7 Å². The minimum Gasteiger partial charge on any atom is -0.497 e. The molecule has 1 N–H and O–H groups in total. The van der Waals surface area contributed by atoms with Crippen molar-refractivity contribution in [3.8, 4) is 22.8 Å². The van der Waals surface area contributed by atoms with Gasteiger partial charge in [0.15, 0.2) is 5.13 Å². The molecule has 154 valence electrons. The summed E-state index contributed by atoms with van der Waals surface area (Å²) >= 11 is 1.28. The number of hydrogen-bond acceptors (Lipinski definition) is 6. The molecule has 30 heavy (non-hydrogen) atoms. The first-order valence-electron chi connectivity index (χ1n) is 9.47. The van der Waals surface area contributed by atoms with Crippen molar-refractivity contribution in [2.45, 2.75) is 19.4 Å². The van der Waals surface area contributed by atoms with Gasteiger partial charge in [-0.3, -0.25) is 14.9 Å². The zero-order valence-electron chi connectivity index (χ0n) is 16.8. The SMILES string of the molecule is CCN1C(=O)C(C)(C(=O)Nc2nc(-c3ccc(OC)cc3)cs2)Oc2ccccc21. The Morgan fingerprint density at radius 2 is 1.97 bits per heavy atom. The smallest absolute Gasteiger partial charge is 0.280 e. The third-order valence-electron chi connectivity index (χ3n) is 4.98. The molecule has 3 aromatic rings. The molecule has 4 rings (SSSR count). The van der Waals surface area contributed by atoms with Crippen LogP contribution in [-0.4, -0.2) is 36.1 Å². The number of likely N-dealkylation sites (N-methyl/N-ethyl adjacent to an activating group) is 1. The zero-order chi connectivity index (χ0) is 21.3. The van der Waals surface area contributed by atoms with Crippen molar-refractivity contribution in [2.24, 2.45) is 0 Å². The summed E-state index contributed by atoms with van der Waals surface area (Å²) in [6.07, 6.45) is 0. The van der Waals surface area contributed by atoms with Crippen molar-refractivity contribution >= 4 is 34.0 Å². The van der Waals surface area contributed by atoms with Crippen LogP contribution in [0.1, 0.15) is 13.8 Å². The molecule has 2 heterocycles. The summed E-state index contributed by atoms with van der Waals surface area (Å²) in [5.41, 5.74) is 0.594. The van der Waals surface area contributed by atoms with E-state index in [1.807, 2.05) is 48.7 Å². The first-order chi connectivity index (χ1) is 14.5. The van der Waals surface area contributed by atoms with Crippen molar-refractivity contribution in [3.05, 3.63) is 53.9 Å². The molecule has 2 amide bonds. The molecule has 7 nitrogen and oxygen atoms in total. The normalized spacial score (nSPS) is 17.8. The molecule has 0 bridgehead atoms. The maximum Gasteiger partial charge on any atom is 0.280 e. The Hall–Kier alpha value is -3.39. The van der Waals surface area contributed by atoms with E-state index in [0.717, 1.165) is 17.0 Å². The molecule has 0 saturated heterocycles. The van der Waals surface area contributed by atoms with E-state index in [4.69, 9.17) is 9.47 Å². The second-order valence-electron chi connectivity index (χ2n) is 6.87. The fourth-order valence-electron chi connectivity index (χ4n) is 3.30. The quantitative estimate of drug-likeness (QED) is 0.628. The van der Waals surface area contributed by atoms with Crippen molar-refractivity contribution in [1.29, 1.82) is 0 Å². The number of carbonyl (C=O) groups is 2. The molecule has 1 aliphatic heterocycles. The number of carbonyl (C=O) groups excluding carboxylic acids is 2. The van der Waals surface area contributed by atoms with Gasteiger partial charge in [0.25, 0.3) is 17.4 Å². The van der Waals surface area contributed by atoms with Crippen LogP contribution in [0.2, 0.25) is 0 Å². The number of benzene rings is 2. The Kier molecular flexibility index (Phi) is 5.17. The fourth-order valence-corrected chi connectivity index (χ4v) is 4.01. The Morgan fingerprint density at radius 3 is 2.67 bits per heavy atom. The summed E-state index contributed by atoms with van der Waals surface area (Å²) in [5, 5.41) is 4.98. The second-order valence-corrected chi connectivity index (χ2v) is 7.73. The lowest BCUT2D eigenvalue weighted by Gasteiger charge is -2.38. The molecule has 1 atom stereocenters. The van der Waals surface area contributed by atoms with Crippen molar-refractivity contribution in [2.75, 3.05) is 23.9 Å². The van der Waals surface area contributed by atoms with Gasteiger partial charge in [-0.25, -0.2) is 4.98 Å². The molecule has 2 aromatic carbocycles. The minimum absolute atomic E-state index is 0.394. The van der Waals surface area contributed by atoms with Crippen LogP contribution >= 0.6 is 11.3 Å². The molecule has 1 aromatic heterocycles. The number of hydrogen-bond donors (Lipinski definition) is 1. The van der Waals surface area contributed by atoms with E-state index in [1.54, 1.807) is 24.1 Å². The van der Waals surface area contributed by atoms with Crippen molar-refractivity contribution in [1.82, 2.24) is 4.98 Å². The number of thiazole rings is 1. The summed E-state index contributed by atoms with van der Waals surface area (Å²) in [4.78, 5) is 32.2. The van der Waals surface area contributed by atoms with Gasteiger partial charge in [-0.15, -0.1) is 11.3 Å². The van der Waals surface area contributed by atoms with Gasteiger partial charge in [0, 0.05) is 17.5 Å². The summed E-state index contributed by atoms with van der Waals surface area (Å²) in [6.45, 7) is 3.78. The Morgan fingerprint density at radius 1 is 1.23 bits per heavy atom. The fraction of sp³-hybridized carbons (Fsp3) is 0.227. The third-order valence-corrected chi connectivity index (χ3v) is 5.74. The van der Waals surface area contributed by atoms with Gasteiger partial charge in [-0.2, -0.15) is 0 Å². The molecule has 8 heteroatoms. The van der Waals surface area contributed by atoms with E-state index in [1.165, 1.54) is 18.3 Å². The first-order valence-corrected chi connectivity index (χ1v) is 10.4. The van der Waals surface area contributed by atoms with Crippen molar-refractivity contribution in [3.63, 3.8) is 0 Å². The number of nitrogens with one attached hydrogen (secondary N) is 1. The van der Waals surface area contributed by atoms with Gasteiger partial charge in [-0.05, 0) is 50.2 Å². The highest BCUT2D eigenvalue weighted by atomic mass is 32.1. The van der Waals surface area contributed by atoms with Gasteiger partial charge in [-0.1, -0.05) is 12.1 Å². The van der Waals surface area contributed by atoms with Crippen LogP contribution in [0.25, 0.3) is 11.3 Å². The number of ether oxygens (including phenoxy) is 2. The molecular weight excluding hydrogens is 402 g/mol. The number of methoxy groups -OCH3 is 1. The lowest BCUT2D eigenvalue weighted by atomic mass is 10.00. The molecular formula is C22H21N3O4S. The number of aromatic nitrogens is 1. The highest BCUT2D eigenvalue weighted by Gasteiger charge is 2.50. The number of anilines is 2. The van der Waals surface area contributed by atoms with Crippen LogP contribution in [0.15, 0.2) is 53.9 Å². The van der Waals surface area contributed by atoms with Gasteiger partial charge in [0.2, 0.25) is 0 Å². The minimum atomic E-state index is -1.68. The average Bonchev–Trinajstić information content (AvgIpc) is 3.23. The van der Waals surface area contributed by atoms with Crippen molar-refractivity contribution < 1.29 is 19.1 Å². The molecule has 0 aliphatic carbocycles. The van der Waals surface area contributed by atoms with Crippen LogP contribution in [0.5, 0.6) is 11.5 Å². The molecule has 0 fully saturated rings. The number of fused-ring (bicyclic) bond motifs is 1. The number of para-hydroxylation sites is 2. The Labute approximate surface area is 178 Å². The monoisotopic (exact) mass is 423 g/mol. The predicted octanol–water partition coefficient (Wildman–Crippen LogP) is 3.96. The summed E-state index contributed by atoms with van der Waals surface area (Å²) in [5.74, 6) is 0.281. The topological polar surface area (TPSA) is 80.8 Å². The number of nitrogens with zero attached hydrogens (tertiary/aromatic N) is 2. The first kappa shape index (κ1) is 19.9. The Balaban J connectivity index is 1.56. The van der Waals surface area contributed by atoms with E-state index in [2.05, 4.69) is 10.3 Å². The average molecular weight is 423 g/mol. The molecule has 1 unspecified atom stereocenters.